The third kappa shape index (κ3) is 4.12. The fourth-order valence-corrected chi connectivity index (χ4v) is 2.01. The molecule has 1 aromatic heterocycles. The second-order valence-corrected chi connectivity index (χ2v) is 4.06. The van der Waals surface area contributed by atoms with E-state index in [2.05, 4.69) is 14.7 Å². The van der Waals surface area contributed by atoms with E-state index in [0.717, 1.165) is 18.1 Å². The molecule has 0 atom stereocenters. The number of likely N-dealkylation sites (N-methyl/N-ethyl adjacent to an activating group) is 2. The highest BCUT2D eigenvalue weighted by Crippen LogP contribution is 2.30. The summed E-state index contributed by atoms with van der Waals surface area (Å²) in [6.45, 7) is 6.63. The molecule has 0 saturated heterocycles. The second-order valence-electron chi connectivity index (χ2n) is 3.33. The molecule has 1 aromatic rings. The zero-order valence-electron chi connectivity index (χ0n) is 9.71. The normalized spacial score (nSPS) is 11.8. The van der Waals surface area contributed by atoms with Gasteiger partial charge in [-0.05, 0) is 13.5 Å². The van der Waals surface area contributed by atoms with Gasteiger partial charge in [0.15, 0.2) is 0 Å². The molecule has 0 aliphatic rings. The number of aromatic nitrogens is 2. The molecule has 0 fully saturated rings. The Balaban J connectivity index is 2.66. The third-order valence-corrected chi connectivity index (χ3v) is 2.91. The Morgan fingerprint density at radius 2 is 2.06 bits per heavy atom. The largest absolute Gasteiger partial charge is 0.452 e. The van der Waals surface area contributed by atoms with Crippen LogP contribution in [-0.4, -0.2) is 35.5 Å². The quantitative estimate of drug-likeness (QED) is 0.801. The van der Waals surface area contributed by atoms with E-state index in [-0.39, 0.29) is 0 Å². The first kappa shape index (κ1) is 14.2. The zero-order valence-corrected chi connectivity index (χ0v) is 10.5. The standard InChI is InChI=1S/C9H15F3N4S/c1-3-13-5-6-16(4-2)8-14-7(15-17-8)9(10,11)12/h13H,3-6H2,1-2H3. The van der Waals surface area contributed by atoms with Gasteiger partial charge in [-0.15, -0.1) is 0 Å². The van der Waals surface area contributed by atoms with Gasteiger partial charge in [-0.2, -0.15) is 22.5 Å². The first-order valence-electron chi connectivity index (χ1n) is 5.35. The van der Waals surface area contributed by atoms with Crippen molar-refractivity contribution < 1.29 is 13.2 Å². The van der Waals surface area contributed by atoms with Crippen LogP contribution in [0.4, 0.5) is 18.3 Å². The van der Waals surface area contributed by atoms with Gasteiger partial charge in [0.25, 0.3) is 0 Å². The average molecular weight is 268 g/mol. The highest BCUT2D eigenvalue weighted by Gasteiger charge is 2.36. The van der Waals surface area contributed by atoms with Crippen molar-refractivity contribution in [3.05, 3.63) is 5.82 Å². The van der Waals surface area contributed by atoms with Crippen LogP contribution in [0.5, 0.6) is 0 Å². The average Bonchev–Trinajstić information content (AvgIpc) is 2.73. The number of halogens is 3. The number of hydrogen-bond acceptors (Lipinski definition) is 5. The van der Waals surface area contributed by atoms with Gasteiger partial charge in [0.05, 0.1) is 0 Å². The molecule has 4 nitrogen and oxygen atoms in total. The lowest BCUT2D eigenvalue weighted by atomic mass is 10.5. The summed E-state index contributed by atoms with van der Waals surface area (Å²) in [6, 6.07) is 0. The fraction of sp³-hybridized carbons (Fsp3) is 0.778. The smallest absolute Gasteiger partial charge is 0.346 e. The van der Waals surface area contributed by atoms with E-state index in [4.69, 9.17) is 0 Å². The van der Waals surface area contributed by atoms with Crippen molar-refractivity contribution in [1.82, 2.24) is 14.7 Å². The lowest BCUT2D eigenvalue weighted by molar-refractivity contribution is -0.144. The van der Waals surface area contributed by atoms with Crippen LogP contribution >= 0.6 is 11.5 Å². The molecule has 1 heterocycles. The maximum atomic E-state index is 12.3. The van der Waals surface area contributed by atoms with Gasteiger partial charge in [0, 0.05) is 31.2 Å². The molecule has 0 aromatic carbocycles. The third-order valence-electron chi connectivity index (χ3n) is 2.13. The van der Waals surface area contributed by atoms with Crippen LogP contribution in [0.25, 0.3) is 0 Å². The Labute approximate surface area is 102 Å². The number of nitrogens with one attached hydrogen (secondary N) is 1. The van der Waals surface area contributed by atoms with Gasteiger partial charge in [-0.25, -0.2) is 0 Å². The summed E-state index contributed by atoms with van der Waals surface area (Å²) < 4.78 is 40.3. The van der Waals surface area contributed by atoms with Crippen LogP contribution in [0, 0.1) is 0 Å². The molecule has 8 heteroatoms. The van der Waals surface area contributed by atoms with Crippen LogP contribution in [0.1, 0.15) is 19.7 Å². The molecule has 1 N–H and O–H groups in total. The van der Waals surface area contributed by atoms with Crippen LogP contribution in [-0.2, 0) is 6.18 Å². The summed E-state index contributed by atoms with van der Waals surface area (Å²) in [5, 5.41) is 3.43. The Morgan fingerprint density at radius 1 is 1.35 bits per heavy atom. The van der Waals surface area contributed by atoms with Gasteiger partial charge in [-0.3, -0.25) is 0 Å². The number of rotatable bonds is 6. The van der Waals surface area contributed by atoms with Gasteiger partial charge < -0.3 is 10.2 Å². The number of hydrogen-bond donors (Lipinski definition) is 1. The van der Waals surface area contributed by atoms with Crippen molar-refractivity contribution in [1.29, 1.82) is 0 Å². The molecule has 0 aliphatic carbocycles. The van der Waals surface area contributed by atoms with Crippen LogP contribution in [0.15, 0.2) is 0 Å². The predicted octanol–water partition coefficient (Wildman–Crippen LogP) is 1.99. The maximum Gasteiger partial charge on any atom is 0.452 e. The summed E-state index contributed by atoms with van der Waals surface area (Å²) in [5.41, 5.74) is 0. The van der Waals surface area contributed by atoms with Gasteiger partial charge in [0.1, 0.15) is 0 Å². The van der Waals surface area contributed by atoms with E-state index in [1.54, 1.807) is 4.90 Å². The van der Waals surface area contributed by atoms with Crippen molar-refractivity contribution in [2.45, 2.75) is 20.0 Å². The van der Waals surface area contributed by atoms with E-state index < -0.39 is 12.0 Å². The molecule has 0 spiro atoms. The van der Waals surface area contributed by atoms with Crippen molar-refractivity contribution in [2.75, 3.05) is 31.1 Å². The van der Waals surface area contributed by atoms with E-state index in [0.29, 0.717) is 24.8 Å². The van der Waals surface area contributed by atoms with E-state index in [1.165, 1.54) is 0 Å². The van der Waals surface area contributed by atoms with E-state index >= 15 is 0 Å². The molecule has 0 amide bonds. The molecule has 17 heavy (non-hydrogen) atoms. The number of anilines is 1. The number of nitrogens with zero attached hydrogens (tertiary/aromatic N) is 3. The fourth-order valence-electron chi connectivity index (χ4n) is 1.24. The summed E-state index contributed by atoms with van der Waals surface area (Å²) in [6.07, 6.45) is -4.46. The molecule has 0 saturated carbocycles. The van der Waals surface area contributed by atoms with Crippen molar-refractivity contribution in [3.63, 3.8) is 0 Å². The summed E-state index contributed by atoms with van der Waals surface area (Å²) in [5.74, 6) is -1.06. The van der Waals surface area contributed by atoms with Gasteiger partial charge in [0.2, 0.25) is 11.0 Å². The lowest BCUT2D eigenvalue weighted by Gasteiger charge is -2.18. The molecule has 1 rings (SSSR count). The molecule has 98 valence electrons. The van der Waals surface area contributed by atoms with Crippen molar-refractivity contribution in [2.24, 2.45) is 0 Å². The highest BCUT2D eigenvalue weighted by atomic mass is 32.1. The predicted molar refractivity (Wildman–Crippen MR) is 61.3 cm³/mol. The maximum absolute atomic E-state index is 12.3. The highest BCUT2D eigenvalue weighted by molar-refractivity contribution is 7.09. The first-order chi connectivity index (χ1) is 7.99. The molecule has 0 radical (unpaired) electrons. The first-order valence-corrected chi connectivity index (χ1v) is 6.13. The molecule has 0 bridgehead atoms. The van der Waals surface area contributed by atoms with Crippen molar-refractivity contribution in [3.8, 4) is 0 Å². The SMILES string of the molecule is CCNCCN(CC)c1nc(C(F)(F)F)ns1. The second kappa shape index (κ2) is 6.15. The van der Waals surface area contributed by atoms with Crippen molar-refractivity contribution >= 4 is 16.7 Å². The van der Waals surface area contributed by atoms with E-state index in [9.17, 15) is 13.2 Å². The zero-order chi connectivity index (χ0) is 12.9. The van der Waals surface area contributed by atoms with Crippen LogP contribution in [0.2, 0.25) is 0 Å². The lowest BCUT2D eigenvalue weighted by Crippen LogP contribution is -2.31. The minimum Gasteiger partial charge on any atom is -0.346 e. The van der Waals surface area contributed by atoms with Crippen LogP contribution < -0.4 is 10.2 Å². The minimum absolute atomic E-state index is 0.317. The van der Waals surface area contributed by atoms with Gasteiger partial charge >= 0.3 is 6.18 Å². The topological polar surface area (TPSA) is 41.0 Å². The Kier molecular flexibility index (Phi) is 5.13. The Hall–Kier alpha value is -0.890. The summed E-state index contributed by atoms with van der Waals surface area (Å²) in [7, 11) is 0. The monoisotopic (exact) mass is 268 g/mol. The molecular weight excluding hydrogens is 253 g/mol. The van der Waals surface area contributed by atoms with E-state index in [1.807, 2.05) is 13.8 Å². The molecular formula is C9H15F3N4S. The number of alkyl halides is 3. The molecule has 0 aliphatic heterocycles. The van der Waals surface area contributed by atoms with Crippen LogP contribution in [0.3, 0.4) is 0 Å². The molecule has 0 unspecified atom stereocenters. The summed E-state index contributed by atoms with van der Waals surface area (Å²) >= 11 is 0.784. The Morgan fingerprint density at radius 3 is 2.53 bits per heavy atom. The van der Waals surface area contributed by atoms with Gasteiger partial charge in [-0.1, -0.05) is 6.92 Å². The Bertz CT molecular complexity index is 339. The minimum atomic E-state index is -4.46. The summed E-state index contributed by atoms with van der Waals surface area (Å²) in [4.78, 5) is 5.29.